The quantitative estimate of drug-likeness (QED) is 0.455. The molecule has 35 heavy (non-hydrogen) atoms. The Labute approximate surface area is 219 Å². The highest BCUT2D eigenvalue weighted by Crippen LogP contribution is 2.30. The molecular weight excluding hydrogens is 483 g/mol. The van der Waals surface area contributed by atoms with Gasteiger partial charge < -0.3 is 10.1 Å². The molecule has 1 aliphatic rings. The van der Waals surface area contributed by atoms with Crippen molar-refractivity contribution < 1.29 is 9.53 Å². The van der Waals surface area contributed by atoms with Crippen LogP contribution in [0.4, 0.5) is 0 Å². The van der Waals surface area contributed by atoms with Crippen LogP contribution >= 0.6 is 24.8 Å². The number of ether oxygens (including phenoxy) is 1. The number of pyridine rings is 1. The molecule has 0 atom stereocenters. The number of aryl methyl sites for hydroxylation is 1. The van der Waals surface area contributed by atoms with Crippen molar-refractivity contribution in [1.29, 1.82) is 5.26 Å². The molecule has 2 heterocycles. The first kappa shape index (κ1) is 28.3. The fourth-order valence-electron chi connectivity index (χ4n) is 4.12. The van der Waals surface area contributed by atoms with Crippen molar-refractivity contribution in [1.82, 2.24) is 15.2 Å². The number of benzene rings is 2. The molecular formula is C27H30Cl2N4O2. The lowest BCUT2D eigenvalue weighted by molar-refractivity contribution is 0.0374. The van der Waals surface area contributed by atoms with Crippen LogP contribution < -0.4 is 5.32 Å². The van der Waals surface area contributed by atoms with Crippen LogP contribution in [-0.2, 0) is 4.74 Å². The van der Waals surface area contributed by atoms with Gasteiger partial charge in [-0.05, 0) is 49.2 Å². The summed E-state index contributed by atoms with van der Waals surface area (Å²) in [6.45, 7) is 6.83. The number of morpholine rings is 1. The number of hydrogen-bond acceptors (Lipinski definition) is 5. The van der Waals surface area contributed by atoms with E-state index >= 15 is 0 Å². The zero-order valence-corrected chi connectivity index (χ0v) is 21.3. The van der Waals surface area contributed by atoms with Gasteiger partial charge in [-0.1, -0.05) is 42.5 Å². The molecule has 1 amide bonds. The van der Waals surface area contributed by atoms with E-state index in [0.717, 1.165) is 61.7 Å². The average Bonchev–Trinajstić information content (AvgIpc) is 2.87. The van der Waals surface area contributed by atoms with E-state index in [1.54, 1.807) is 6.07 Å². The van der Waals surface area contributed by atoms with Crippen molar-refractivity contribution in [2.24, 2.45) is 0 Å². The first-order chi connectivity index (χ1) is 16.2. The molecule has 1 N–H and O–H groups in total. The van der Waals surface area contributed by atoms with Crippen molar-refractivity contribution in [3.05, 3.63) is 77.5 Å². The Bertz CT molecular complexity index is 1160. The Balaban J connectivity index is 0.00000216. The zero-order valence-electron chi connectivity index (χ0n) is 19.7. The van der Waals surface area contributed by atoms with Gasteiger partial charge in [-0.2, -0.15) is 5.26 Å². The highest BCUT2D eigenvalue weighted by atomic mass is 35.5. The van der Waals surface area contributed by atoms with Gasteiger partial charge in [0.15, 0.2) is 0 Å². The summed E-state index contributed by atoms with van der Waals surface area (Å²) >= 11 is 0. The van der Waals surface area contributed by atoms with Crippen LogP contribution in [0.15, 0.2) is 60.7 Å². The van der Waals surface area contributed by atoms with E-state index in [2.05, 4.69) is 16.3 Å². The second-order valence-electron chi connectivity index (χ2n) is 8.14. The fourth-order valence-corrected chi connectivity index (χ4v) is 4.12. The molecule has 1 saturated heterocycles. The lowest BCUT2D eigenvalue weighted by Gasteiger charge is -2.26. The smallest absolute Gasteiger partial charge is 0.253 e. The molecule has 1 fully saturated rings. The monoisotopic (exact) mass is 512 g/mol. The van der Waals surface area contributed by atoms with Crippen LogP contribution in [0.5, 0.6) is 0 Å². The maximum Gasteiger partial charge on any atom is 0.253 e. The normalized spacial score (nSPS) is 13.1. The van der Waals surface area contributed by atoms with Crippen molar-refractivity contribution in [3.63, 3.8) is 0 Å². The van der Waals surface area contributed by atoms with Gasteiger partial charge in [0.25, 0.3) is 5.91 Å². The van der Waals surface area contributed by atoms with Gasteiger partial charge in [-0.15, -0.1) is 24.8 Å². The number of nitrogens with zero attached hydrogens (tertiary/aromatic N) is 3. The third-order valence-corrected chi connectivity index (χ3v) is 5.84. The Hall–Kier alpha value is -2.95. The SMILES string of the molecule is Cc1nc(-c2ccccc2)cc(-c2cccc(C#N)c2)c1C(=O)NCCCN1CCOCC1.Cl.Cl. The predicted molar refractivity (Wildman–Crippen MR) is 143 cm³/mol. The standard InChI is InChI=1S/C27H28N4O2.2ClH/c1-20-26(27(32)29-11-6-12-31-13-15-33-16-14-31)24(23-10-5-7-21(17-23)19-28)18-25(30-20)22-8-3-2-4-9-22;;/h2-5,7-10,17-18H,6,11-16H2,1H3,(H,29,32);2*1H. The van der Waals surface area contributed by atoms with E-state index in [4.69, 9.17) is 9.72 Å². The van der Waals surface area contributed by atoms with E-state index in [0.29, 0.717) is 23.4 Å². The summed E-state index contributed by atoms with van der Waals surface area (Å²) < 4.78 is 5.39. The largest absolute Gasteiger partial charge is 0.379 e. The Kier molecular flexibility index (Phi) is 11.2. The highest BCUT2D eigenvalue weighted by Gasteiger charge is 2.19. The first-order valence-electron chi connectivity index (χ1n) is 11.3. The molecule has 0 bridgehead atoms. The molecule has 0 saturated carbocycles. The number of carbonyl (C=O) groups excluding carboxylic acids is 1. The van der Waals surface area contributed by atoms with Crippen molar-refractivity contribution in [2.75, 3.05) is 39.4 Å². The fraction of sp³-hybridized carbons (Fsp3) is 0.296. The molecule has 6 nitrogen and oxygen atoms in total. The number of nitriles is 1. The average molecular weight is 513 g/mol. The van der Waals surface area contributed by atoms with Gasteiger partial charge in [-0.3, -0.25) is 14.7 Å². The number of hydrogen-bond donors (Lipinski definition) is 1. The van der Waals surface area contributed by atoms with Crippen molar-refractivity contribution >= 4 is 30.7 Å². The van der Waals surface area contributed by atoms with Gasteiger partial charge in [0, 0.05) is 25.2 Å². The number of nitrogens with one attached hydrogen (secondary N) is 1. The van der Waals surface area contributed by atoms with E-state index in [1.165, 1.54) is 0 Å². The van der Waals surface area contributed by atoms with Crippen LogP contribution in [0.3, 0.4) is 0 Å². The number of amides is 1. The highest BCUT2D eigenvalue weighted by molar-refractivity contribution is 6.02. The maximum absolute atomic E-state index is 13.3. The molecule has 1 aromatic heterocycles. The van der Waals surface area contributed by atoms with Gasteiger partial charge >= 0.3 is 0 Å². The van der Waals surface area contributed by atoms with E-state index in [-0.39, 0.29) is 30.7 Å². The number of aromatic nitrogens is 1. The van der Waals surface area contributed by atoms with Gasteiger partial charge in [0.05, 0.1) is 41.8 Å². The van der Waals surface area contributed by atoms with Crippen LogP contribution in [0.2, 0.25) is 0 Å². The summed E-state index contributed by atoms with van der Waals surface area (Å²) in [7, 11) is 0. The topological polar surface area (TPSA) is 78.2 Å². The summed E-state index contributed by atoms with van der Waals surface area (Å²) in [6, 6.07) is 21.4. The molecule has 184 valence electrons. The zero-order chi connectivity index (χ0) is 23.0. The molecule has 1 aliphatic heterocycles. The summed E-state index contributed by atoms with van der Waals surface area (Å²) in [4.78, 5) is 20.4. The minimum absolute atomic E-state index is 0. The van der Waals surface area contributed by atoms with Crippen molar-refractivity contribution in [2.45, 2.75) is 13.3 Å². The second kappa shape index (κ2) is 13.8. The van der Waals surface area contributed by atoms with Crippen LogP contribution in [0.1, 0.15) is 28.0 Å². The Morgan fingerprint density at radius 3 is 2.49 bits per heavy atom. The third-order valence-electron chi connectivity index (χ3n) is 5.84. The lowest BCUT2D eigenvalue weighted by Crippen LogP contribution is -2.38. The van der Waals surface area contributed by atoms with E-state index in [1.807, 2.05) is 61.5 Å². The Morgan fingerprint density at radius 1 is 1.06 bits per heavy atom. The Morgan fingerprint density at radius 2 is 1.77 bits per heavy atom. The number of carbonyl (C=O) groups is 1. The number of rotatable bonds is 7. The molecule has 0 radical (unpaired) electrons. The van der Waals surface area contributed by atoms with Crippen LogP contribution in [-0.4, -0.2) is 55.2 Å². The van der Waals surface area contributed by atoms with Gasteiger partial charge in [-0.25, -0.2) is 0 Å². The molecule has 3 aromatic rings. The van der Waals surface area contributed by atoms with E-state index in [9.17, 15) is 10.1 Å². The summed E-state index contributed by atoms with van der Waals surface area (Å²) in [6.07, 6.45) is 0.875. The molecule has 8 heteroatoms. The predicted octanol–water partition coefficient (Wildman–Crippen LogP) is 4.89. The van der Waals surface area contributed by atoms with Crippen LogP contribution in [0.25, 0.3) is 22.4 Å². The summed E-state index contributed by atoms with van der Waals surface area (Å²) in [5.41, 5.74) is 5.17. The molecule has 0 spiro atoms. The van der Waals surface area contributed by atoms with Crippen LogP contribution in [0, 0.1) is 18.3 Å². The molecule has 0 unspecified atom stereocenters. The van der Waals surface area contributed by atoms with Crippen molar-refractivity contribution in [3.8, 4) is 28.5 Å². The van der Waals surface area contributed by atoms with E-state index < -0.39 is 0 Å². The molecule has 2 aromatic carbocycles. The maximum atomic E-state index is 13.3. The summed E-state index contributed by atoms with van der Waals surface area (Å²) in [5.74, 6) is -0.140. The second-order valence-corrected chi connectivity index (χ2v) is 8.14. The number of halogens is 2. The summed E-state index contributed by atoms with van der Waals surface area (Å²) in [5, 5.41) is 12.4. The first-order valence-corrected chi connectivity index (χ1v) is 11.3. The minimum atomic E-state index is -0.140. The van der Waals surface area contributed by atoms with Gasteiger partial charge in [0.1, 0.15) is 0 Å². The molecule has 0 aliphatic carbocycles. The third kappa shape index (κ3) is 7.27. The lowest BCUT2D eigenvalue weighted by atomic mass is 9.95. The molecule has 4 rings (SSSR count). The minimum Gasteiger partial charge on any atom is -0.379 e. The van der Waals surface area contributed by atoms with Gasteiger partial charge in [0.2, 0.25) is 0 Å².